The molecule has 1 aliphatic heterocycles. The predicted octanol–water partition coefficient (Wildman–Crippen LogP) is 3.41. The summed E-state index contributed by atoms with van der Waals surface area (Å²) in [6.07, 6.45) is -4.73. The van der Waals surface area contributed by atoms with Gasteiger partial charge < -0.3 is 14.4 Å². The lowest BCUT2D eigenvalue weighted by atomic mass is 10.1. The van der Waals surface area contributed by atoms with Crippen molar-refractivity contribution in [1.29, 1.82) is 0 Å². The third-order valence-electron chi connectivity index (χ3n) is 3.78. The molecule has 1 saturated heterocycles. The normalized spacial score (nSPS) is 16.3. The first-order valence-corrected chi connectivity index (χ1v) is 7.53. The Kier molecular flexibility index (Phi) is 5.74. The smallest absolute Gasteiger partial charge is 0.389 e. The second-order valence-electron chi connectivity index (χ2n) is 5.46. The number of alkyl halides is 3. The molecule has 23 heavy (non-hydrogen) atoms. The number of benzene rings is 1. The monoisotopic (exact) mass is 331 g/mol. The number of para-hydroxylation sites is 2. The van der Waals surface area contributed by atoms with Gasteiger partial charge in [-0.25, -0.2) is 0 Å². The van der Waals surface area contributed by atoms with Crippen LogP contribution in [0.15, 0.2) is 24.3 Å². The highest BCUT2D eigenvalue weighted by Gasteiger charge is 2.30. The van der Waals surface area contributed by atoms with E-state index in [-0.39, 0.29) is 6.10 Å². The Morgan fingerprint density at radius 1 is 1.22 bits per heavy atom. The number of methoxy groups -OCH3 is 1. The number of halogens is 3. The van der Waals surface area contributed by atoms with Crippen molar-refractivity contribution >= 4 is 5.91 Å². The van der Waals surface area contributed by atoms with Crippen molar-refractivity contribution in [1.82, 2.24) is 4.90 Å². The van der Waals surface area contributed by atoms with Crippen LogP contribution in [0.3, 0.4) is 0 Å². The van der Waals surface area contributed by atoms with Gasteiger partial charge in [0, 0.05) is 32.4 Å². The number of hydrogen-bond donors (Lipinski definition) is 0. The summed E-state index contributed by atoms with van der Waals surface area (Å²) in [6, 6.07) is 7.28. The molecular weight excluding hydrogens is 311 g/mol. The largest absolute Gasteiger partial charge is 0.493 e. The number of nitrogens with zero attached hydrogens (tertiary/aromatic N) is 1. The molecule has 0 unspecified atom stereocenters. The summed E-state index contributed by atoms with van der Waals surface area (Å²) in [5.74, 6) is 0.825. The van der Waals surface area contributed by atoms with Gasteiger partial charge in [-0.15, -0.1) is 0 Å². The lowest BCUT2D eigenvalue weighted by Gasteiger charge is -2.32. The van der Waals surface area contributed by atoms with Crippen LogP contribution in [0.5, 0.6) is 11.5 Å². The van der Waals surface area contributed by atoms with E-state index in [1.54, 1.807) is 19.2 Å². The van der Waals surface area contributed by atoms with Crippen molar-refractivity contribution in [2.24, 2.45) is 0 Å². The van der Waals surface area contributed by atoms with Gasteiger partial charge in [-0.2, -0.15) is 13.2 Å². The Balaban J connectivity index is 1.81. The number of rotatable bonds is 5. The van der Waals surface area contributed by atoms with Crippen molar-refractivity contribution in [2.45, 2.75) is 38.0 Å². The maximum Gasteiger partial charge on any atom is 0.389 e. The summed E-state index contributed by atoms with van der Waals surface area (Å²) in [4.78, 5) is 13.3. The quantitative estimate of drug-likeness (QED) is 0.830. The summed E-state index contributed by atoms with van der Waals surface area (Å²) in [6.45, 7) is 0.826. The van der Waals surface area contributed by atoms with Gasteiger partial charge in [0.05, 0.1) is 13.5 Å². The van der Waals surface area contributed by atoms with Crippen LogP contribution in [-0.4, -0.2) is 43.3 Å². The Hall–Kier alpha value is -1.92. The molecule has 0 radical (unpaired) electrons. The van der Waals surface area contributed by atoms with Crippen LogP contribution in [0.2, 0.25) is 0 Å². The molecule has 1 fully saturated rings. The zero-order valence-corrected chi connectivity index (χ0v) is 12.9. The van der Waals surface area contributed by atoms with Gasteiger partial charge in [0.15, 0.2) is 11.5 Å². The van der Waals surface area contributed by atoms with E-state index in [0.29, 0.717) is 37.4 Å². The number of carbonyl (C=O) groups is 1. The first-order valence-electron chi connectivity index (χ1n) is 7.53. The molecule has 4 nitrogen and oxygen atoms in total. The molecule has 128 valence electrons. The maximum absolute atomic E-state index is 12.2. The first-order chi connectivity index (χ1) is 10.9. The minimum absolute atomic E-state index is 0.0713. The fourth-order valence-electron chi connectivity index (χ4n) is 2.53. The van der Waals surface area contributed by atoms with Crippen LogP contribution in [0.25, 0.3) is 0 Å². The number of carbonyl (C=O) groups excluding carboxylic acids is 1. The molecular formula is C16H20F3NO3. The summed E-state index contributed by atoms with van der Waals surface area (Å²) in [5, 5.41) is 0. The average molecular weight is 331 g/mol. The number of likely N-dealkylation sites (tertiary alicyclic amines) is 1. The van der Waals surface area contributed by atoms with E-state index < -0.39 is 24.9 Å². The van der Waals surface area contributed by atoms with E-state index in [0.717, 1.165) is 0 Å². The highest BCUT2D eigenvalue weighted by Crippen LogP contribution is 2.29. The summed E-state index contributed by atoms with van der Waals surface area (Å²) in [5.41, 5.74) is 0. The van der Waals surface area contributed by atoms with E-state index in [1.165, 1.54) is 4.90 Å². The molecule has 1 amide bonds. The Bertz CT molecular complexity index is 526. The van der Waals surface area contributed by atoms with Crippen LogP contribution in [0.1, 0.15) is 25.7 Å². The first kappa shape index (κ1) is 17.4. The Labute approximate surface area is 133 Å². The van der Waals surface area contributed by atoms with Gasteiger partial charge in [0.25, 0.3) is 0 Å². The number of amides is 1. The Morgan fingerprint density at radius 3 is 2.39 bits per heavy atom. The van der Waals surface area contributed by atoms with Gasteiger partial charge in [0.1, 0.15) is 6.10 Å². The van der Waals surface area contributed by atoms with Crippen LogP contribution in [0, 0.1) is 0 Å². The van der Waals surface area contributed by atoms with Crippen molar-refractivity contribution < 1.29 is 27.4 Å². The van der Waals surface area contributed by atoms with Crippen LogP contribution < -0.4 is 9.47 Å². The minimum Gasteiger partial charge on any atom is -0.493 e. The standard InChI is InChI=1S/C16H20F3NO3/c1-22-13-4-2-3-5-14(13)23-12-7-10-20(11-8-12)15(21)6-9-16(17,18)19/h2-5,12H,6-11H2,1H3. The van der Waals surface area contributed by atoms with E-state index in [4.69, 9.17) is 9.47 Å². The van der Waals surface area contributed by atoms with Crippen LogP contribution >= 0.6 is 0 Å². The molecule has 0 saturated carbocycles. The molecule has 0 atom stereocenters. The molecule has 1 aromatic carbocycles. The lowest BCUT2D eigenvalue weighted by Crippen LogP contribution is -2.42. The molecule has 0 N–H and O–H groups in total. The number of piperidine rings is 1. The van der Waals surface area contributed by atoms with Crippen molar-refractivity contribution in [3.05, 3.63) is 24.3 Å². The molecule has 0 aliphatic carbocycles. The molecule has 1 heterocycles. The van der Waals surface area contributed by atoms with Crippen LogP contribution in [-0.2, 0) is 4.79 Å². The summed E-state index contributed by atoms with van der Waals surface area (Å²) in [7, 11) is 1.56. The predicted molar refractivity (Wildman–Crippen MR) is 78.5 cm³/mol. The average Bonchev–Trinajstić information content (AvgIpc) is 2.53. The van der Waals surface area contributed by atoms with E-state index in [1.807, 2.05) is 12.1 Å². The highest BCUT2D eigenvalue weighted by molar-refractivity contribution is 5.76. The van der Waals surface area contributed by atoms with E-state index in [2.05, 4.69) is 0 Å². The zero-order valence-electron chi connectivity index (χ0n) is 12.9. The Morgan fingerprint density at radius 2 is 1.83 bits per heavy atom. The second-order valence-corrected chi connectivity index (χ2v) is 5.46. The van der Waals surface area contributed by atoms with Crippen molar-refractivity contribution in [3.63, 3.8) is 0 Å². The van der Waals surface area contributed by atoms with Gasteiger partial charge >= 0.3 is 6.18 Å². The van der Waals surface area contributed by atoms with Crippen LogP contribution in [0.4, 0.5) is 13.2 Å². The molecule has 0 aromatic heterocycles. The second kappa shape index (κ2) is 7.57. The van der Waals surface area contributed by atoms with Crippen molar-refractivity contribution in [3.8, 4) is 11.5 Å². The molecule has 0 bridgehead atoms. The molecule has 0 spiro atoms. The van der Waals surface area contributed by atoms with Gasteiger partial charge in [0.2, 0.25) is 5.91 Å². The zero-order chi connectivity index (χ0) is 16.9. The molecule has 1 aromatic rings. The SMILES string of the molecule is COc1ccccc1OC1CCN(C(=O)CCC(F)(F)F)CC1. The van der Waals surface area contributed by atoms with E-state index in [9.17, 15) is 18.0 Å². The molecule has 7 heteroatoms. The summed E-state index contributed by atoms with van der Waals surface area (Å²) < 4.78 is 47.6. The van der Waals surface area contributed by atoms with Gasteiger partial charge in [-0.1, -0.05) is 12.1 Å². The number of hydrogen-bond acceptors (Lipinski definition) is 3. The lowest BCUT2D eigenvalue weighted by molar-refractivity contribution is -0.150. The third-order valence-corrected chi connectivity index (χ3v) is 3.78. The summed E-state index contributed by atoms with van der Waals surface area (Å²) >= 11 is 0. The topological polar surface area (TPSA) is 38.8 Å². The highest BCUT2D eigenvalue weighted by atomic mass is 19.4. The third kappa shape index (κ3) is 5.33. The fourth-order valence-corrected chi connectivity index (χ4v) is 2.53. The number of ether oxygens (including phenoxy) is 2. The minimum atomic E-state index is -4.29. The van der Waals surface area contributed by atoms with Crippen molar-refractivity contribution in [2.75, 3.05) is 20.2 Å². The maximum atomic E-state index is 12.2. The fraction of sp³-hybridized carbons (Fsp3) is 0.562. The van der Waals surface area contributed by atoms with Gasteiger partial charge in [-0.3, -0.25) is 4.79 Å². The molecule has 2 rings (SSSR count). The van der Waals surface area contributed by atoms with Gasteiger partial charge in [-0.05, 0) is 12.1 Å². The van der Waals surface area contributed by atoms with E-state index >= 15 is 0 Å². The molecule has 1 aliphatic rings.